The van der Waals surface area contributed by atoms with Gasteiger partial charge in [-0.25, -0.2) is 12.8 Å². The highest BCUT2D eigenvalue weighted by molar-refractivity contribution is 7.92. The number of rotatable bonds is 4. The minimum absolute atomic E-state index is 0.118. The zero-order chi connectivity index (χ0) is 17.5. The summed E-state index contributed by atoms with van der Waals surface area (Å²) in [5.74, 6) is -1.80. The van der Waals surface area contributed by atoms with Crippen molar-refractivity contribution in [2.45, 2.75) is 11.8 Å². The Morgan fingerprint density at radius 1 is 1.17 bits per heavy atom. The van der Waals surface area contributed by atoms with E-state index in [0.717, 1.165) is 24.3 Å². The van der Waals surface area contributed by atoms with Crippen LogP contribution < -0.4 is 9.83 Å². The van der Waals surface area contributed by atoms with Crippen LogP contribution in [0.15, 0.2) is 51.8 Å². The molecule has 0 saturated carbocycles. The molecule has 0 unspecified atom stereocenters. The Labute approximate surface area is 136 Å². The normalized spacial score (nSPS) is 11.6. The predicted octanol–water partition coefficient (Wildman–Crippen LogP) is 2.04. The molecule has 0 aliphatic heterocycles. The second-order valence-corrected chi connectivity index (χ2v) is 6.77. The van der Waals surface area contributed by atoms with Crippen molar-refractivity contribution in [2.24, 2.45) is 0 Å². The van der Waals surface area contributed by atoms with Gasteiger partial charge in [0, 0.05) is 16.6 Å². The number of carboxylic acids is 1. The number of hydrogen-bond acceptors (Lipinski definition) is 5. The van der Waals surface area contributed by atoms with Gasteiger partial charge in [-0.1, -0.05) is 0 Å². The molecule has 1 heterocycles. The summed E-state index contributed by atoms with van der Waals surface area (Å²) in [5.41, 5.74) is 0.319. The smallest absolute Gasteiger partial charge is 0.261 e. The van der Waals surface area contributed by atoms with Crippen molar-refractivity contribution >= 4 is 32.6 Å². The van der Waals surface area contributed by atoms with Crippen LogP contribution in [0.4, 0.5) is 10.1 Å². The third-order valence-electron chi connectivity index (χ3n) is 3.44. The molecule has 0 fully saturated rings. The molecule has 0 saturated heterocycles. The maximum Gasteiger partial charge on any atom is 0.261 e. The molecule has 0 bridgehead atoms. The number of aromatic carboxylic acids is 1. The lowest BCUT2D eigenvalue weighted by atomic mass is 10.1. The molecule has 6 nitrogen and oxygen atoms in total. The third-order valence-corrected chi connectivity index (χ3v) is 4.84. The first-order valence-corrected chi connectivity index (χ1v) is 8.29. The molecular weight excluding hydrogens is 337 g/mol. The fraction of sp³-hybridized carbons (Fsp3) is 0.0625. The van der Waals surface area contributed by atoms with Crippen molar-refractivity contribution in [3.8, 4) is 0 Å². The van der Waals surface area contributed by atoms with Crippen LogP contribution >= 0.6 is 0 Å². The Morgan fingerprint density at radius 3 is 2.46 bits per heavy atom. The lowest BCUT2D eigenvalue weighted by molar-refractivity contribution is -0.254. The van der Waals surface area contributed by atoms with Crippen LogP contribution in [0.5, 0.6) is 0 Å². The first-order valence-electron chi connectivity index (χ1n) is 6.81. The lowest BCUT2D eigenvalue weighted by Gasteiger charge is -2.08. The van der Waals surface area contributed by atoms with Gasteiger partial charge in [-0.3, -0.25) is 4.72 Å². The molecule has 3 rings (SSSR count). The number of fused-ring (bicyclic) bond motifs is 1. The van der Waals surface area contributed by atoms with E-state index in [9.17, 15) is 22.7 Å². The Kier molecular flexibility index (Phi) is 3.76. The van der Waals surface area contributed by atoms with Crippen LogP contribution in [0.2, 0.25) is 0 Å². The Balaban J connectivity index is 2.02. The number of aryl methyl sites for hydroxylation is 1. The maximum atomic E-state index is 12.9. The summed E-state index contributed by atoms with van der Waals surface area (Å²) in [7, 11) is -3.94. The van der Waals surface area contributed by atoms with E-state index >= 15 is 0 Å². The average molecular weight is 348 g/mol. The fourth-order valence-corrected chi connectivity index (χ4v) is 3.41. The van der Waals surface area contributed by atoms with Crippen molar-refractivity contribution in [2.75, 3.05) is 4.72 Å². The first-order chi connectivity index (χ1) is 11.3. The molecular formula is C16H11FNO5S-. The highest BCUT2D eigenvalue weighted by Gasteiger charge is 2.17. The quantitative estimate of drug-likeness (QED) is 0.778. The number of carbonyl (C=O) groups excluding carboxylic acids is 1. The molecule has 1 N–H and O–H groups in total. The van der Waals surface area contributed by atoms with Crippen molar-refractivity contribution in [3.05, 3.63) is 59.6 Å². The van der Waals surface area contributed by atoms with E-state index in [4.69, 9.17) is 4.42 Å². The van der Waals surface area contributed by atoms with E-state index in [0.29, 0.717) is 5.58 Å². The van der Waals surface area contributed by atoms with Gasteiger partial charge in [0.2, 0.25) is 0 Å². The second-order valence-electron chi connectivity index (χ2n) is 5.09. The van der Waals surface area contributed by atoms with Gasteiger partial charge in [0.15, 0.2) is 0 Å². The summed E-state index contributed by atoms with van der Waals surface area (Å²) >= 11 is 0. The molecule has 1 aromatic heterocycles. The van der Waals surface area contributed by atoms with E-state index in [1.807, 2.05) is 0 Å². The number of carbonyl (C=O) groups is 1. The van der Waals surface area contributed by atoms with Gasteiger partial charge < -0.3 is 14.3 Å². The second kappa shape index (κ2) is 5.64. The fourth-order valence-electron chi connectivity index (χ4n) is 2.36. The topological polar surface area (TPSA) is 99.4 Å². The molecule has 0 aliphatic carbocycles. The molecule has 0 atom stereocenters. The van der Waals surface area contributed by atoms with E-state index in [2.05, 4.69) is 4.72 Å². The molecule has 3 aromatic rings. The predicted molar refractivity (Wildman–Crippen MR) is 82.5 cm³/mol. The highest BCUT2D eigenvalue weighted by Crippen LogP contribution is 2.28. The molecule has 0 aliphatic rings. The number of benzene rings is 2. The molecule has 2 aromatic carbocycles. The molecule has 8 heteroatoms. The van der Waals surface area contributed by atoms with Crippen molar-refractivity contribution in [1.29, 1.82) is 0 Å². The summed E-state index contributed by atoms with van der Waals surface area (Å²) in [5, 5.41) is 11.4. The Bertz CT molecular complexity index is 1040. The van der Waals surface area contributed by atoms with Crippen LogP contribution in [-0.4, -0.2) is 14.4 Å². The van der Waals surface area contributed by atoms with Crippen LogP contribution in [0, 0.1) is 12.7 Å². The molecule has 0 amide bonds. The van der Waals surface area contributed by atoms with E-state index < -0.39 is 21.8 Å². The summed E-state index contributed by atoms with van der Waals surface area (Å²) in [6.07, 6.45) is 0. The standard InChI is InChI=1S/C16H12FNO5S/c1-9-15(16(19)20)13-8-11(4-7-14(13)23-9)18-24(21,22)12-5-2-10(17)3-6-12/h2-8,18H,1H3,(H,19,20)/p-1. The van der Waals surface area contributed by atoms with E-state index in [-0.39, 0.29) is 27.3 Å². The molecule has 0 spiro atoms. The van der Waals surface area contributed by atoms with Gasteiger partial charge in [0.1, 0.15) is 17.2 Å². The van der Waals surface area contributed by atoms with Gasteiger partial charge in [-0.2, -0.15) is 0 Å². The zero-order valence-corrected chi connectivity index (χ0v) is 13.2. The van der Waals surface area contributed by atoms with Gasteiger partial charge in [0.05, 0.1) is 10.9 Å². The minimum Gasteiger partial charge on any atom is -0.545 e. The SMILES string of the molecule is Cc1oc2ccc(NS(=O)(=O)c3ccc(F)cc3)cc2c1C(=O)[O-]. The van der Waals surface area contributed by atoms with Crippen LogP contribution in [0.25, 0.3) is 11.0 Å². The number of sulfonamides is 1. The van der Waals surface area contributed by atoms with Crippen LogP contribution in [0.3, 0.4) is 0 Å². The van der Waals surface area contributed by atoms with Crippen LogP contribution in [0.1, 0.15) is 16.1 Å². The number of furan rings is 1. The number of halogens is 1. The van der Waals surface area contributed by atoms with Crippen molar-refractivity contribution in [3.63, 3.8) is 0 Å². The summed E-state index contributed by atoms with van der Waals surface area (Å²) in [6, 6.07) is 8.56. The van der Waals surface area contributed by atoms with Gasteiger partial charge in [-0.15, -0.1) is 0 Å². The Hall–Kier alpha value is -2.87. The number of hydrogen-bond donors (Lipinski definition) is 1. The number of anilines is 1. The van der Waals surface area contributed by atoms with Gasteiger partial charge in [0.25, 0.3) is 10.0 Å². The largest absolute Gasteiger partial charge is 0.545 e. The summed E-state index contributed by atoms with van der Waals surface area (Å²) < 4.78 is 45.1. The molecule has 0 radical (unpaired) electrons. The van der Waals surface area contributed by atoms with Crippen LogP contribution in [-0.2, 0) is 10.0 Å². The highest BCUT2D eigenvalue weighted by atomic mass is 32.2. The monoisotopic (exact) mass is 348 g/mol. The third kappa shape index (κ3) is 2.83. The average Bonchev–Trinajstić information content (AvgIpc) is 2.82. The van der Waals surface area contributed by atoms with Gasteiger partial charge in [-0.05, 0) is 49.4 Å². The summed E-state index contributed by atoms with van der Waals surface area (Å²) in [4.78, 5) is 11.1. The maximum absolute atomic E-state index is 12.9. The minimum atomic E-state index is -3.94. The number of carboxylic acid groups (broad SMARTS) is 1. The zero-order valence-electron chi connectivity index (χ0n) is 12.4. The van der Waals surface area contributed by atoms with E-state index in [1.165, 1.54) is 25.1 Å². The Morgan fingerprint density at radius 2 is 1.83 bits per heavy atom. The molecule has 124 valence electrons. The van der Waals surface area contributed by atoms with Crippen molar-refractivity contribution < 1.29 is 27.1 Å². The molecule has 24 heavy (non-hydrogen) atoms. The number of nitrogens with one attached hydrogen (secondary N) is 1. The van der Waals surface area contributed by atoms with Crippen molar-refractivity contribution in [1.82, 2.24) is 0 Å². The lowest BCUT2D eigenvalue weighted by Crippen LogP contribution is -2.22. The van der Waals surface area contributed by atoms with E-state index in [1.54, 1.807) is 0 Å². The summed E-state index contributed by atoms with van der Waals surface area (Å²) in [6.45, 7) is 1.48. The first kappa shape index (κ1) is 16.0. The van der Waals surface area contributed by atoms with Gasteiger partial charge >= 0.3 is 0 Å².